The van der Waals surface area contributed by atoms with E-state index in [1.165, 1.54) is 6.20 Å². The maximum Gasteiger partial charge on any atom is 0.290 e. The third-order valence-electron chi connectivity index (χ3n) is 7.08. The van der Waals surface area contributed by atoms with Crippen LogP contribution >= 0.6 is 23.2 Å². The van der Waals surface area contributed by atoms with E-state index in [2.05, 4.69) is 4.98 Å². The molecule has 210 valence electrons. The molecule has 2 saturated heterocycles. The molecule has 2 aromatic carbocycles. The monoisotopic (exact) mass is 584 g/mol. The van der Waals surface area contributed by atoms with E-state index in [9.17, 15) is 9.59 Å². The molecule has 2 amide bonds. The number of hydrogen-bond acceptors (Lipinski definition) is 6. The predicted molar refractivity (Wildman–Crippen MR) is 152 cm³/mol. The van der Waals surface area contributed by atoms with Crippen LogP contribution in [0.25, 0.3) is 0 Å². The molecule has 1 unspecified atom stereocenters. The summed E-state index contributed by atoms with van der Waals surface area (Å²) in [6, 6.07) is 17.4. The molecule has 3 aromatic rings. The van der Waals surface area contributed by atoms with Gasteiger partial charge in [0.2, 0.25) is 11.8 Å². The van der Waals surface area contributed by atoms with E-state index in [0.717, 1.165) is 18.4 Å². The van der Waals surface area contributed by atoms with Gasteiger partial charge in [-0.2, -0.15) is 0 Å². The summed E-state index contributed by atoms with van der Waals surface area (Å²) >= 11 is 11.9. The Labute approximate surface area is 242 Å². The van der Waals surface area contributed by atoms with E-state index in [1.807, 2.05) is 53.1 Å². The van der Waals surface area contributed by atoms with Crippen LogP contribution in [-0.4, -0.2) is 82.3 Å². The van der Waals surface area contributed by atoms with Crippen molar-refractivity contribution in [1.29, 1.82) is 0 Å². The number of aromatic nitrogens is 1. The second-order valence-corrected chi connectivity index (χ2v) is 10.8. The Kier molecular flexibility index (Phi) is 9.29. The Morgan fingerprint density at radius 1 is 1.02 bits per heavy atom. The second-order valence-electron chi connectivity index (χ2n) is 9.94. The number of carboxylic acid groups (broad SMARTS) is 1. The predicted octanol–water partition coefficient (Wildman–Crippen LogP) is 5.00. The van der Waals surface area contributed by atoms with Crippen molar-refractivity contribution in [2.45, 2.75) is 24.4 Å². The number of rotatable bonds is 6. The molecule has 0 saturated carbocycles. The quantitative estimate of drug-likeness (QED) is 0.406. The van der Waals surface area contributed by atoms with Gasteiger partial charge in [0.1, 0.15) is 11.8 Å². The molecule has 1 spiro atoms. The van der Waals surface area contributed by atoms with Crippen LogP contribution in [0, 0.1) is 0 Å². The first kappa shape index (κ1) is 29.3. The van der Waals surface area contributed by atoms with Gasteiger partial charge in [0, 0.05) is 42.5 Å². The van der Waals surface area contributed by atoms with Crippen molar-refractivity contribution < 1.29 is 24.2 Å². The number of halogens is 2. The van der Waals surface area contributed by atoms with Gasteiger partial charge in [-0.3, -0.25) is 19.3 Å². The van der Waals surface area contributed by atoms with Crippen molar-refractivity contribution in [2.75, 3.05) is 33.7 Å². The maximum atomic E-state index is 13.8. The fourth-order valence-electron chi connectivity index (χ4n) is 5.26. The fourth-order valence-corrected chi connectivity index (χ4v) is 5.50. The highest BCUT2D eigenvalue weighted by molar-refractivity contribution is 6.30. The Balaban J connectivity index is 0.00000118. The fraction of sp³-hybridized carbons (Fsp3) is 0.310. The van der Waals surface area contributed by atoms with E-state index in [-0.39, 0.29) is 23.8 Å². The summed E-state index contributed by atoms with van der Waals surface area (Å²) < 4.78 is 5.72. The van der Waals surface area contributed by atoms with Crippen LogP contribution in [0.3, 0.4) is 0 Å². The van der Waals surface area contributed by atoms with Gasteiger partial charge in [-0.05, 0) is 75.0 Å². The highest BCUT2D eigenvalue weighted by atomic mass is 35.5. The molecule has 0 radical (unpaired) electrons. The van der Waals surface area contributed by atoms with E-state index >= 15 is 0 Å². The first-order chi connectivity index (χ1) is 19.2. The minimum Gasteiger partial charge on any atom is -0.483 e. The molecule has 3 heterocycles. The van der Waals surface area contributed by atoms with Crippen LogP contribution in [0.15, 0.2) is 66.9 Å². The number of pyridine rings is 1. The van der Waals surface area contributed by atoms with Gasteiger partial charge in [0.25, 0.3) is 12.4 Å². The van der Waals surface area contributed by atoms with Crippen LogP contribution < -0.4 is 4.74 Å². The van der Waals surface area contributed by atoms with Crippen molar-refractivity contribution in [3.05, 3.63) is 88.0 Å². The van der Waals surface area contributed by atoms with Gasteiger partial charge >= 0.3 is 0 Å². The van der Waals surface area contributed by atoms with Crippen molar-refractivity contribution in [3.63, 3.8) is 0 Å². The SMILES string of the molecule is CN(C)C(C(=O)N1CCCC12CN(C(=O)c1ccc(Oc3ccc(Cl)cn3)cc1)C2)c1ccc(Cl)cc1.O=CO. The van der Waals surface area contributed by atoms with Gasteiger partial charge in [0.05, 0.1) is 10.6 Å². The molecule has 2 fully saturated rings. The molecule has 0 aliphatic carbocycles. The van der Waals surface area contributed by atoms with Crippen LogP contribution in [0.2, 0.25) is 10.0 Å². The second kappa shape index (κ2) is 12.7. The van der Waals surface area contributed by atoms with Crippen molar-refractivity contribution in [3.8, 4) is 11.6 Å². The Bertz CT molecular complexity index is 1330. The van der Waals surface area contributed by atoms with Crippen LogP contribution in [0.1, 0.15) is 34.8 Å². The number of amides is 2. The standard InChI is InChI=1S/C28H28Cl2N4O3.CH2O2/c1-32(2)25(19-4-8-21(29)9-5-19)27(36)34-15-3-14-28(34)17-33(18-28)26(35)20-6-11-23(12-7-20)37-24-13-10-22(30)16-31-24;2-1-3/h4-13,16,25H,3,14-15,17-18H2,1-2H3;1H,(H,2,3). The lowest BCUT2D eigenvalue weighted by Gasteiger charge is -2.53. The lowest BCUT2D eigenvalue weighted by atomic mass is 9.85. The van der Waals surface area contributed by atoms with Crippen LogP contribution in [-0.2, 0) is 9.59 Å². The third-order valence-corrected chi connectivity index (χ3v) is 7.56. The Morgan fingerprint density at radius 3 is 2.23 bits per heavy atom. The molecule has 1 atom stereocenters. The molecule has 2 aliphatic heterocycles. The van der Waals surface area contributed by atoms with Gasteiger partial charge in [0.15, 0.2) is 0 Å². The van der Waals surface area contributed by atoms with Gasteiger partial charge in [-0.15, -0.1) is 0 Å². The average Bonchev–Trinajstić information content (AvgIpc) is 3.36. The van der Waals surface area contributed by atoms with Crippen molar-refractivity contribution >= 4 is 41.5 Å². The first-order valence-electron chi connectivity index (χ1n) is 12.7. The van der Waals surface area contributed by atoms with Gasteiger partial charge in [-0.25, -0.2) is 4.98 Å². The molecule has 11 heteroatoms. The largest absolute Gasteiger partial charge is 0.483 e. The topological polar surface area (TPSA) is 103 Å². The van der Waals surface area contributed by atoms with Crippen LogP contribution in [0.5, 0.6) is 11.6 Å². The molecule has 5 rings (SSSR count). The summed E-state index contributed by atoms with van der Waals surface area (Å²) in [7, 11) is 3.82. The van der Waals surface area contributed by atoms with E-state index < -0.39 is 6.04 Å². The van der Waals surface area contributed by atoms with Gasteiger partial charge in [-0.1, -0.05) is 35.3 Å². The van der Waals surface area contributed by atoms with Crippen LogP contribution in [0.4, 0.5) is 0 Å². The summed E-state index contributed by atoms with van der Waals surface area (Å²) in [5.74, 6) is 1.02. The van der Waals surface area contributed by atoms with E-state index in [4.69, 9.17) is 37.8 Å². The number of likely N-dealkylation sites (N-methyl/N-ethyl adjacent to an activating group) is 1. The zero-order chi connectivity index (χ0) is 28.9. The first-order valence-corrected chi connectivity index (χ1v) is 13.4. The summed E-state index contributed by atoms with van der Waals surface area (Å²) in [4.78, 5) is 45.2. The summed E-state index contributed by atoms with van der Waals surface area (Å²) in [5, 5.41) is 8.06. The third kappa shape index (κ3) is 6.38. The Morgan fingerprint density at radius 2 is 1.65 bits per heavy atom. The summed E-state index contributed by atoms with van der Waals surface area (Å²) in [6.45, 7) is 1.51. The summed E-state index contributed by atoms with van der Waals surface area (Å²) in [6.07, 6.45) is 3.34. The average molecular weight is 585 g/mol. The molecule has 1 N–H and O–H groups in total. The number of hydrogen-bond donors (Lipinski definition) is 1. The number of benzene rings is 2. The molecular weight excluding hydrogens is 555 g/mol. The number of nitrogens with zero attached hydrogens (tertiary/aromatic N) is 4. The van der Waals surface area contributed by atoms with Crippen molar-refractivity contribution in [1.82, 2.24) is 19.7 Å². The van der Waals surface area contributed by atoms with Crippen molar-refractivity contribution in [2.24, 2.45) is 0 Å². The highest BCUT2D eigenvalue weighted by Crippen LogP contribution is 2.40. The molecule has 0 bridgehead atoms. The van der Waals surface area contributed by atoms with E-state index in [0.29, 0.717) is 46.9 Å². The lowest BCUT2D eigenvalue weighted by molar-refractivity contribution is -0.146. The molecule has 2 aliphatic rings. The number of carbonyl (C=O) groups is 3. The minimum atomic E-state index is -0.403. The number of likely N-dealkylation sites (tertiary alicyclic amines) is 2. The number of carbonyl (C=O) groups excluding carboxylic acids is 2. The zero-order valence-corrected chi connectivity index (χ0v) is 23.7. The molecule has 40 heavy (non-hydrogen) atoms. The smallest absolute Gasteiger partial charge is 0.290 e. The highest BCUT2D eigenvalue weighted by Gasteiger charge is 2.54. The molecule has 9 nitrogen and oxygen atoms in total. The normalized spacial score (nSPS) is 16.1. The molecule has 1 aromatic heterocycles. The summed E-state index contributed by atoms with van der Waals surface area (Å²) in [5.41, 5.74) is 1.18. The maximum absolute atomic E-state index is 13.8. The lowest BCUT2D eigenvalue weighted by Crippen LogP contribution is -2.70. The van der Waals surface area contributed by atoms with Gasteiger partial charge < -0.3 is 19.6 Å². The zero-order valence-electron chi connectivity index (χ0n) is 22.2. The minimum absolute atomic E-state index is 0.0528. The van der Waals surface area contributed by atoms with E-state index in [1.54, 1.807) is 36.4 Å². The Hall–Kier alpha value is -3.66. The molecular formula is C29H30Cl2N4O5. The number of ether oxygens (including phenoxy) is 1.